The van der Waals surface area contributed by atoms with Crippen molar-refractivity contribution >= 4 is 34.0 Å². The number of ether oxygens (including phenoxy) is 4. The largest absolute Gasteiger partial charge is 0.462 e. The Morgan fingerprint density at radius 3 is 2.42 bits per heavy atom. The minimum absolute atomic E-state index is 0.0311. The van der Waals surface area contributed by atoms with Crippen LogP contribution in [-0.2, 0) is 48.2 Å². The minimum Gasteiger partial charge on any atom is -0.462 e. The molecule has 2 aliphatic heterocycles. The number of carbonyl (C=O) groups is 4. The van der Waals surface area contributed by atoms with Crippen molar-refractivity contribution in [1.82, 2.24) is 0 Å². The monoisotopic (exact) mass is 484 g/mol. The molecular weight excluding hydrogens is 460 g/mol. The van der Waals surface area contributed by atoms with Crippen molar-refractivity contribution in [2.24, 2.45) is 41.4 Å². The highest BCUT2D eigenvalue weighted by Gasteiger charge is 2.78. The fourth-order valence-corrected chi connectivity index (χ4v) is 7.93. The Morgan fingerprint density at radius 1 is 1.00 bits per heavy atom. The van der Waals surface area contributed by atoms with E-state index >= 15 is 0 Å². The molecule has 0 spiro atoms. The van der Waals surface area contributed by atoms with Gasteiger partial charge in [-0.25, -0.2) is 0 Å². The van der Waals surface area contributed by atoms with Gasteiger partial charge in [-0.3, -0.25) is 23.7 Å². The Hall–Kier alpha value is -2.21. The average molecular weight is 484 g/mol. The Labute approximate surface area is 189 Å². The second-order valence-corrected chi connectivity index (χ2v) is 11.8. The Morgan fingerprint density at radius 2 is 1.73 bits per heavy atom. The lowest BCUT2D eigenvalue weighted by atomic mass is 9.94. The zero-order valence-corrected chi connectivity index (χ0v) is 18.5. The highest BCUT2D eigenvalue weighted by molar-refractivity contribution is 7.87. The van der Waals surface area contributed by atoms with Crippen molar-refractivity contribution in [2.45, 2.75) is 62.3 Å². The first-order chi connectivity index (χ1) is 15.5. The van der Waals surface area contributed by atoms with E-state index in [2.05, 4.69) is 0 Å². The highest BCUT2D eigenvalue weighted by Crippen LogP contribution is 2.73. The number of hydrogen-bond donors (Lipinski definition) is 1. The van der Waals surface area contributed by atoms with Crippen LogP contribution in [0.3, 0.4) is 0 Å². The van der Waals surface area contributed by atoms with Crippen molar-refractivity contribution in [1.29, 1.82) is 0 Å². The molecule has 12 atom stereocenters. The third-order valence-electron chi connectivity index (χ3n) is 8.67. The van der Waals surface area contributed by atoms with E-state index in [1.165, 1.54) is 0 Å². The lowest BCUT2D eigenvalue weighted by Crippen LogP contribution is -2.39. The van der Waals surface area contributed by atoms with Gasteiger partial charge in [0, 0.05) is 17.8 Å². The van der Waals surface area contributed by atoms with Gasteiger partial charge in [0.15, 0.2) is 5.25 Å². The Bertz CT molecular complexity index is 1050. The first-order valence-corrected chi connectivity index (χ1v) is 12.8. The lowest BCUT2D eigenvalue weighted by molar-refractivity contribution is -0.165. The van der Waals surface area contributed by atoms with E-state index < -0.39 is 58.0 Å². The molecule has 0 bridgehead atoms. The third-order valence-corrected chi connectivity index (χ3v) is 9.74. The van der Waals surface area contributed by atoms with Crippen LogP contribution >= 0.6 is 0 Å². The number of carbonyl (C=O) groups excluding carboxylic acids is 4. The van der Waals surface area contributed by atoms with Gasteiger partial charge >= 0.3 is 23.9 Å². The van der Waals surface area contributed by atoms with E-state index in [9.17, 15) is 32.1 Å². The number of esters is 4. The molecule has 0 radical (unpaired) electrons. The molecule has 2 saturated heterocycles. The van der Waals surface area contributed by atoms with Gasteiger partial charge in [-0.05, 0) is 38.0 Å². The van der Waals surface area contributed by atoms with Gasteiger partial charge < -0.3 is 18.9 Å². The summed E-state index contributed by atoms with van der Waals surface area (Å²) < 4.78 is 54.7. The van der Waals surface area contributed by atoms with E-state index in [4.69, 9.17) is 18.9 Å². The van der Waals surface area contributed by atoms with Gasteiger partial charge in [-0.15, -0.1) is 0 Å². The number of hydrogen-bond acceptors (Lipinski definition) is 10. The average Bonchev–Trinajstić information content (AvgIpc) is 3.14. The molecule has 0 amide bonds. The summed E-state index contributed by atoms with van der Waals surface area (Å²) in [6.45, 7) is 1.74. The minimum atomic E-state index is -4.96. The second-order valence-electron chi connectivity index (χ2n) is 10.2. The van der Waals surface area contributed by atoms with Crippen LogP contribution in [0.4, 0.5) is 0 Å². The molecule has 12 heteroatoms. The molecule has 4 saturated carbocycles. The van der Waals surface area contributed by atoms with Crippen molar-refractivity contribution in [3.63, 3.8) is 0 Å². The molecule has 1 N–H and O–H groups in total. The molecule has 33 heavy (non-hydrogen) atoms. The lowest BCUT2D eigenvalue weighted by Gasteiger charge is -2.23. The summed E-state index contributed by atoms with van der Waals surface area (Å²) in [5, 5.41) is -2.14. The van der Waals surface area contributed by atoms with Crippen molar-refractivity contribution in [2.75, 3.05) is 0 Å². The zero-order valence-electron chi connectivity index (χ0n) is 17.7. The quantitative estimate of drug-likeness (QED) is 0.304. The first kappa shape index (κ1) is 21.3. The van der Waals surface area contributed by atoms with Crippen LogP contribution in [0.1, 0.15) is 32.6 Å². The van der Waals surface area contributed by atoms with Crippen molar-refractivity contribution in [3.05, 3.63) is 0 Å². The van der Waals surface area contributed by atoms with Gasteiger partial charge in [0.2, 0.25) is 0 Å². The SMILES string of the molecule is CC1OC(=O)C2CC(OC(=O)C(CC(=O)OC3C4OC(=O)C5CC6C3C6C54)S(=O)(=O)O)CC12. The van der Waals surface area contributed by atoms with Crippen LogP contribution in [0.5, 0.6) is 0 Å². The molecule has 0 aromatic heterocycles. The molecule has 180 valence electrons. The standard InChI is InChI=1S/C21H24O11S/c1-6-8-2-7(3-9(8)19(23)29-6)30-21(25)12(33(26,27)28)5-13(22)31-17-15-10-4-11-16(14(10)15)18(17)32-20(11)24/h6-12,14-18H,2-5H2,1H3,(H,26,27,28). The predicted molar refractivity (Wildman–Crippen MR) is 103 cm³/mol. The summed E-state index contributed by atoms with van der Waals surface area (Å²) >= 11 is 0. The molecule has 0 aromatic rings. The molecule has 0 aromatic carbocycles. The summed E-state index contributed by atoms with van der Waals surface area (Å²) in [7, 11) is -4.96. The van der Waals surface area contributed by atoms with Crippen LogP contribution in [0, 0.1) is 41.4 Å². The van der Waals surface area contributed by atoms with E-state index in [1.807, 2.05) is 0 Å². The number of fused-ring (bicyclic) bond motifs is 2. The van der Waals surface area contributed by atoms with Crippen molar-refractivity contribution < 1.29 is 51.1 Å². The molecule has 2 heterocycles. The van der Waals surface area contributed by atoms with E-state index in [1.54, 1.807) is 6.92 Å². The maximum atomic E-state index is 12.6. The Balaban J connectivity index is 1.10. The van der Waals surface area contributed by atoms with Crippen LogP contribution in [0.15, 0.2) is 0 Å². The molecule has 11 nitrogen and oxygen atoms in total. The number of cyclic esters (lactones) is 1. The first-order valence-electron chi connectivity index (χ1n) is 11.3. The van der Waals surface area contributed by atoms with E-state index in [0.29, 0.717) is 12.3 Å². The Kier molecular flexibility index (Phi) is 4.46. The zero-order chi connectivity index (χ0) is 23.4. The second kappa shape index (κ2) is 6.91. The van der Waals surface area contributed by atoms with E-state index in [0.717, 1.165) is 6.42 Å². The summed E-state index contributed by atoms with van der Waals surface area (Å²) in [4.78, 5) is 49.1. The summed E-state index contributed by atoms with van der Waals surface area (Å²) in [5.74, 6) is -2.90. The smallest absolute Gasteiger partial charge is 0.327 e. The number of rotatable bonds is 6. The maximum Gasteiger partial charge on any atom is 0.327 e. The summed E-state index contributed by atoms with van der Waals surface area (Å²) in [5.41, 5.74) is 0. The summed E-state index contributed by atoms with van der Waals surface area (Å²) in [6.07, 6.45) is -1.89. The van der Waals surface area contributed by atoms with Crippen molar-refractivity contribution in [3.8, 4) is 0 Å². The van der Waals surface area contributed by atoms with Gasteiger partial charge in [0.25, 0.3) is 10.1 Å². The molecule has 6 fully saturated rings. The fraction of sp³-hybridized carbons (Fsp3) is 0.810. The summed E-state index contributed by atoms with van der Waals surface area (Å²) in [6, 6.07) is 0. The molecule has 6 aliphatic rings. The van der Waals surface area contributed by atoms with Gasteiger partial charge in [0.1, 0.15) is 24.4 Å². The molecule has 4 aliphatic carbocycles. The molecular formula is C21H24O11S. The highest BCUT2D eigenvalue weighted by atomic mass is 32.2. The third kappa shape index (κ3) is 3.13. The normalized spacial score (nSPS) is 46.9. The topological polar surface area (TPSA) is 160 Å². The predicted octanol–water partition coefficient (Wildman–Crippen LogP) is -0.135. The van der Waals surface area contributed by atoms with Gasteiger partial charge in [-0.2, -0.15) is 8.42 Å². The fourth-order valence-electron chi connectivity index (χ4n) is 7.29. The maximum absolute atomic E-state index is 12.6. The van der Waals surface area contributed by atoms with Crippen LogP contribution in [0.25, 0.3) is 0 Å². The van der Waals surface area contributed by atoms with Crippen LogP contribution < -0.4 is 0 Å². The van der Waals surface area contributed by atoms with Crippen LogP contribution in [-0.4, -0.2) is 66.5 Å². The van der Waals surface area contributed by atoms with Gasteiger partial charge in [0.05, 0.1) is 18.3 Å². The van der Waals surface area contributed by atoms with E-state index in [-0.39, 0.29) is 54.1 Å². The molecule has 12 unspecified atom stereocenters. The van der Waals surface area contributed by atoms with Gasteiger partial charge in [-0.1, -0.05) is 0 Å². The van der Waals surface area contributed by atoms with Crippen LogP contribution in [0.2, 0.25) is 0 Å². The molecule has 6 rings (SSSR count).